The van der Waals surface area contributed by atoms with Gasteiger partial charge in [0.05, 0.1) is 25.3 Å². The minimum absolute atomic E-state index is 0.261. The summed E-state index contributed by atoms with van der Waals surface area (Å²) in [5, 5.41) is 0. The van der Waals surface area contributed by atoms with Gasteiger partial charge in [0.2, 0.25) is 0 Å². The third kappa shape index (κ3) is 4.52. The summed E-state index contributed by atoms with van der Waals surface area (Å²) in [6.07, 6.45) is 3.60. The van der Waals surface area contributed by atoms with Crippen molar-refractivity contribution < 1.29 is 19.1 Å². The molecule has 5 heteroatoms. The first-order valence-corrected chi connectivity index (χ1v) is 13.7. The van der Waals surface area contributed by atoms with E-state index in [1.807, 2.05) is 54.6 Å². The van der Waals surface area contributed by atoms with Crippen molar-refractivity contribution in [2.24, 2.45) is 0 Å². The van der Waals surface area contributed by atoms with Gasteiger partial charge in [-0.3, -0.25) is 0 Å². The van der Waals surface area contributed by atoms with Gasteiger partial charge in [-0.15, -0.1) is 0 Å². The molecule has 1 aliphatic rings. The van der Waals surface area contributed by atoms with Crippen LogP contribution in [0.2, 0.25) is 0 Å². The highest BCUT2D eigenvalue weighted by Crippen LogP contribution is 2.54. The molecule has 0 spiro atoms. The molecule has 0 amide bonds. The Morgan fingerprint density at radius 3 is 1.97 bits per heavy atom. The summed E-state index contributed by atoms with van der Waals surface area (Å²) in [7, 11) is 2.73. The van der Waals surface area contributed by atoms with E-state index in [2.05, 4.69) is 31.2 Å². The van der Waals surface area contributed by atoms with Crippen LogP contribution in [0.1, 0.15) is 52.5 Å². The van der Waals surface area contributed by atoms with Gasteiger partial charge < -0.3 is 9.47 Å². The van der Waals surface area contributed by atoms with E-state index in [-0.39, 0.29) is 5.56 Å². The van der Waals surface area contributed by atoms with Crippen LogP contribution in [0.25, 0.3) is 33.4 Å². The molecule has 192 valence electrons. The van der Waals surface area contributed by atoms with Crippen LogP contribution in [-0.2, 0) is 15.9 Å². The molecule has 0 saturated carbocycles. The van der Waals surface area contributed by atoms with E-state index in [0.717, 1.165) is 62.4 Å². The fourth-order valence-electron chi connectivity index (χ4n) is 5.29. The second-order valence-electron chi connectivity index (χ2n) is 9.26. The van der Waals surface area contributed by atoms with Gasteiger partial charge in [-0.05, 0) is 46.7 Å². The first kappa shape index (κ1) is 25.8. The molecular formula is C33H30O4S. The van der Waals surface area contributed by atoms with Crippen LogP contribution in [-0.4, -0.2) is 26.2 Å². The number of benzene rings is 4. The van der Waals surface area contributed by atoms with E-state index in [4.69, 9.17) is 9.47 Å². The van der Waals surface area contributed by atoms with Crippen LogP contribution in [0.5, 0.6) is 0 Å². The van der Waals surface area contributed by atoms with Gasteiger partial charge in [-0.1, -0.05) is 104 Å². The Balaban J connectivity index is 2.01. The summed E-state index contributed by atoms with van der Waals surface area (Å²) in [6.45, 7) is 2.15. The minimum Gasteiger partial charge on any atom is -0.465 e. The number of carbonyl (C=O) groups is 2. The van der Waals surface area contributed by atoms with Crippen molar-refractivity contribution in [3.63, 3.8) is 0 Å². The highest BCUT2D eigenvalue weighted by molar-refractivity contribution is 7.99. The summed E-state index contributed by atoms with van der Waals surface area (Å²) in [6, 6.07) is 26.4. The molecule has 1 heterocycles. The maximum absolute atomic E-state index is 13.6. The molecule has 0 bridgehead atoms. The van der Waals surface area contributed by atoms with Gasteiger partial charge in [0.1, 0.15) is 0 Å². The van der Waals surface area contributed by atoms with Crippen LogP contribution < -0.4 is 0 Å². The van der Waals surface area contributed by atoms with Gasteiger partial charge in [0.15, 0.2) is 0 Å². The van der Waals surface area contributed by atoms with Crippen molar-refractivity contribution in [3.05, 3.63) is 95.6 Å². The topological polar surface area (TPSA) is 52.6 Å². The predicted octanol–water partition coefficient (Wildman–Crippen LogP) is 8.46. The monoisotopic (exact) mass is 522 g/mol. The lowest BCUT2D eigenvalue weighted by molar-refractivity contribution is 0.0554. The quantitative estimate of drug-likeness (QED) is 0.158. The van der Waals surface area contributed by atoms with Crippen molar-refractivity contribution in [2.45, 2.75) is 42.4 Å². The molecule has 0 N–H and O–H groups in total. The molecule has 1 aliphatic heterocycles. The van der Waals surface area contributed by atoms with Gasteiger partial charge in [-0.2, -0.15) is 0 Å². The molecule has 0 atom stereocenters. The third-order valence-corrected chi connectivity index (χ3v) is 8.24. The predicted molar refractivity (Wildman–Crippen MR) is 153 cm³/mol. The Morgan fingerprint density at radius 2 is 1.29 bits per heavy atom. The molecule has 0 unspecified atom stereocenters. The molecule has 38 heavy (non-hydrogen) atoms. The number of ether oxygens (including phenoxy) is 2. The van der Waals surface area contributed by atoms with Crippen LogP contribution >= 0.6 is 11.8 Å². The largest absolute Gasteiger partial charge is 0.465 e. The van der Waals surface area contributed by atoms with Crippen LogP contribution in [0.15, 0.2) is 88.7 Å². The Bertz CT molecular complexity index is 1510. The maximum Gasteiger partial charge on any atom is 0.339 e. The number of fused-ring (bicyclic) bond motifs is 5. The molecule has 0 fully saturated rings. The number of hydrogen-bond acceptors (Lipinski definition) is 5. The summed E-state index contributed by atoms with van der Waals surface area (Å²) >= 11 is 1.66. The number of hydrogen-bond donors (Lipinski definition) is 0. The van der Waals surface area contributed by atoms with Crippen molar-refractivity contribution in [3.8, 4) is 33.4 Å². The number of methoxy groups -OCH3 is 2. The van der Waals surface area contributed by atoms with E-state index in [1.165, 1.54) is 14.2 Å². The van der Waals surface area contributed by atoms with Gasteiger partial charge >= 0.3 is 11.9 Å². The van der Waals surface area contributed by atoms with Crippen molar-refractivity contribution >= 4 is 23.7 Å². The smallest absolute Gasteiger partial charge is 0.339 e. The zero-order chi connectivity index (χ0) is 26.6. The lowest BCUT2D eigenvalue weighted by Gasteiger charge is -2.24. The lowest BCUT2D eigenvalue weighted by atomic mass is 9.81. The minimum atomic E-state index is -0.548. The second-order valence-corrected chi connectivity index (χ2v) is 10.3. The highest BCUT2D eigenvalue weighted by atomic mass is 32.2. The van der Waals surface area contributed by atoms with E-state index in [1.54, 1.807) is 11.8 Å². The number of rotatable bonds is 7. The highest BCUT2D eigenvalue weighted by Gasteiger charge is 2.35. The Labute approximate surface area is 228 Å². The van der Waals surface area contributed by atoms with Gasteiger partial charge in [-0.25, -0.2) is 9.59 Å². The molecule has 0 aliphatic carbocycles. The zero-order valence-electron chi connectivity index (χ0n) is 21.9. The van der Waals surface area contributed by atoms with Crippen LogP contribution in [0.3, 0.4) is 0 Å². The zero-order valence-corrected chi connectivity index (χ0v) is 22.7. The summed E-state index contributed by atoms with van der Waals surface area (Å²) in [5.74, 6) is -1.07. The second kappa shape index (κ2) is 11.3. The molecule has 5 rings (SSSR count). The Morgan fingerprint density at radius 1 is 0.684 bits per heavy atom. The Kier molecular flexibility index (Phi) is 7.66. The molecular weight excluding hydrogens is 492 g/mol. The molecule has 0 aromatic heterocycles. The summed E-state index contributed by atoms with van der Waals surface area (Å²) in [5.41, 5.74) is 7.14. The van der Waals surface area contributed by atoms with Crippen LogP contribution in [0.4, 0.5) is 0 Å². The van der Waals surface area contributed by atoms with Crippen LogP contribution in [0, 0.1) is 0 Å². The van der Waals surface area contributed by atoms with Gasteiger partial charge in [0, 0.05) is 20.9 Å². The number of carbonyl (C=O) groups excluding carboxylic acids is 2. The lowest BCUT2D eigenvalue weighted by Crippen LogP contribution is -2.18. The van der Waals surface area contributed by atoms with E-state index >= 15 is 0 Å². The standard InChI is InChI=1S/C33H30O4S/c1-4-5-7-19-25-29(32(34)36-2)30(33(35)37-3)27(21-14-8-6-9-15-21)28-24-18-11-10-16-22(24)23-17-12-13-20-26(23)38-31(25)28/h6,8-18,20H,4-5,7,19H2,1-3H3. The van der Waals surface area contributed by atoms with Gasteiger partial charge in [0.25, 0.3) is 0 Å². The number of esters is 2. The molecule has 4 nitrogen and oxygen atoms in total. The molecule has 4 aromatic carbocycles. The first-order valence-electron chi connectivity index (χ1n) is 12.9. The Hall–Kier alpha value is -3.83. The normalized spacial score (nSPS) is 11.6. The summed E-state index contributed by atoms with van der Waals surface area (Å²) in [4.78, 5) is 29.2. The van der Waals surface area contributed by atoms with Crippen molar-refractivity contribution in [2.75, 3.05) is 14.2 Å². The fraction of sp³-hybridized carbons (Fsp3) is 0.212. The van der Waals surface area contributed by atoms with Crippen molar-refractivity contribution in [1.29, 1.82) is 0 Å². The van der Waals surface area contributed by atoms with E-state index in [0.29, 0.717) is 17.5 Å². The molecule has 0 radical (unpaired) electrons. The van der Waals surface area contributed by atoms with E-state index in [9.17, 15) is 9.59 Å². The van der Waals surface area contributed by atoms with E-state index < -0.39 is 11.9 Å². The SMILES string of the molecule is CCCCCc1c2c(c(-c3ccccc3)c(C(=O)OC)c1C(=O)OC)-c1ccccc1-c1ccccc1S2. The third-order valence-electron chi connectivity index (χ3n) is 7.01. The summed E-state index contributed by atoms with van der Waals surface area (Å²) < 4.78 is 10.6. The average molecular weight is 523 g/mol. The maximum atomic E-state index is 13.6. The number of unbranched alkanes of at least 4 members (excludes halogenated alkanes) is 2. The van der Waals surface area contributed by atoms with Crippen molar-refractivity contribution in [1.82, 2.24) is 0 Å². The molecule has 4 aromatic rings. The first-order chi connectivity index (χ1) is 18.6. The average Bonchev–Trinajstić information content (AvgIpc) is 3.11. The molecule has 0 saturated heterocycles. The fourth-order valence-corrected chi connectivity index (χ4v) is 6.59.